The highest BCUT2D eigenvalue weighted by atomic mass is 32.1. The van der Waals surface area contributed by atoms with E-state index in [1.54, 1.807) is 13.8 Å². The topological polar surface area (TPSA) is 30.0 Å². The molecule has 1 aromatic heterocycles. The van der Waals surface area contributed by atoms with Crippen molar-refractivity contribution in [1.29, 1.82) is 0 Å². The second-order valence-corrected chi connectivity index (χ2v) is 5.66. The Bertz CT molecular complexity index is 650. The van der Waals surface area contributed by atoms with Gasteiger partial charge in [-0.25, -0.2) is 4.98 Å². The standard InChI is InChI=1S/C14H12F3NOS/c1-7-4-8(2)11(9(3)5-7)12(19)10-6-18-13(20-10)14(15,16)17/h4-6H,1-3H3. The molecule has 0 aliphatic rings. The van der Waals surface area contributed by atoms with Gasteiger partial charge in [-0.15, -0.1) is 11.3 Å². The van der Waals surface area contributed by atoms with Gasteiger partial charge in [0.15, 0.2) is 5.01 Å². The number of thiazole rings is 1. The molecular formula is C14H12F3NOS. The largest absolute Gasteiger partial charge is 0.443 e. The van der Waals surface area contributed by atoms with Gasteiger partial charge in [-0.3, -0.25) is 4.79 Å². The number of benzene rings is 1. The number of hydrogen-bond donors (Lipinski definition) is 0. The maximum absolute atomic E-state index is 12.5. The smallest absolute Gasteiger partial charge is 0.288 e. The molecule has 0 spiro atoms. The van der Waals surface area contributed by atoms with Gasteiger partial charge in [0, 0.05) is 11.8 Å². The third-order valence-electron chi connectivity index (χ3n) is 2.88. The Labute approximate surface area is 118 Å². The summed E-state index contributed by atoms with van der Waals surface area (Å²) >= 11 is 0.379. The number of alkyl halides is 3. The van der Waals surface area contributed by atoms with Crippen molar-refractivity contribution < 1.29 is 18.0 Å². The summed E-state index contributed by atoms with van der Waals surface area (Å²) in [4.78, 5) is 15.6. The number of rotatable bonds is 2. The lowest BCUT2D eigenvalue weighted by molar-refractivity contribution is -0.137. The van der Waals surface area contributed by atoms with E-state index in [9.17, 15) is 18.0 Å². The number of halogens is 3. The summed E-state index contributed by atoms with van der Waals surface area (Å²) in [6.45, 7) is 5.46. The van der Waals surface area contributed by atoms with Gasteiger partial charge in [0.2, 0.25) is 5.78 Å². The minimum Gasteiger partial charge on any atom is -0.288 e. The summed E-state index contributed by atoms with van der Waals surface area (Å²) in [5.74, 6) is -0.409. The highest BCUT2D eigenvalue weighted by Crippen LogP contribution is 2.33. The number of aryl methyl sites for hydroxylation is 3. The Morgan fingerprint density at radius 3 is 2.15 bits per heavy atom. The van der Waals surface area contributed by atoms with E-state index in [0.717, 1.165) is 22.9 Å². The lowest BCUT2D eigenvalue weighted by atomic mass is 9.96. The van der Waals surface area contributed by atoms with Crippen LogP contribution in [0.1, 0.15) is 36.9 Å². The predicted molar refractivity (Wildman–Crippen MR) is 71.2 cm³/mol. The molecule has 0 bridgehead atoms. The minimum atomic E-state index is -4.51. The van der Waals surface area contributed by atoms with Crippen LogP contribution < -0.4 is 0 Å². The molecule has 1 aromatic carbocycles. The van der Waals surface area contributed by atoms with Crippen LogP contribution in [0.3, 0.4) is 0 Å². The molecule has 0 fully saturated rings. The molecule has 0 aliphatic carbocycles. The average Bonchev–Trinajstić information content (AvgIpc) is 2.75. The molecule has 0 radical (unpaired) electrons. The van der Waals surface area contributed by atoms with E-state index in [1.807, 2.05) is 19.1 Å². The minimum absolute atomic E-state index is 0.00683. The van der Waals surface area contributed by atoms with E-state index in [2.05, 4.69) is 4.98 Å². The van der Waals surface area contributed by atoms with E-state index in [-0.39, 0.29) is 4.88 Å². The summed E-state index contributed by atoms with van der Waals surface area (Å²) < 4.78 is 37.5. The van der Waals surface area contributed by atoms with Crippen LogP contribution in [0.15, 0.2) is 18.3 Å². The number of carbonyl (C=O) groups is 1. The normalized spacial score (nSPS) is 11.7. The maximum atomic E-state index is 12.5. The first kappa shape index (κ1) is 14.7. The quantitative estimate of drug-likeness (QED) is 0.773. The average molecular weight is 299 g/mol. The van der Waals surface area contributed by atoms with Crippen molar-refractivity contribution in [2.24, 2.45) is 0 Å². The molecule has 0 aliphatic heterocycles. The summed E-state index contributed by atoms with van der Waals surface area (Å²) in [7, 11) is 0. The van der Waals surface area contributed by atoms with Crippen LogP contribution in [0.25, 0.3) is 0 Å². The monoisotopic (exact) mass is 299 g/mol. The highest BCUT2D eigenvalue weighted by Gasteiger charge is 2.35. The molecule has 0 saturated carbocycles. The molecular weight excluding hydrogens is 287 g/mol. The van der Waals surface area contributed by atoms with Gasteiger partial charge in [-0.2, -0.15) is 13.2 Å². The van der Waals surface area contributed by atoms with Crippen molar-refractivity contribution in [2.75, 3.05) is 0 Å². The zero-order chi connectivity index (χ0) is 15.1. The highest BCUT2D eigenvalue weighted by molar-refractivity contribution is 7.14. The van der Waals surface area contributed by atoms with Crippen molar-refractivity contribution in [2.45, 2.75) is 26.9 Å². The van der Waals surface area contributed by atoms with Crippen LogP contribution in [0, 0.1) is 20.8 Å². The Balaban J connectivity index is 2.45. The first-order valence-corrected chi connectivity index (χ1v) is 6.67. The zero-order valence-corrected chi connectivity index (χ0v) is 11.9. The van der Waals surface area contributed by atoms with Crippen LogP contribution in [0.4, 0.5) is 13.2 Å². The van der Waals surface area contributed by atoms with Gasteiger partial charge in [0.05, 0.1) is 4.88 Å². The van der Waals surface area contributed by atoms with Gasteiger partial charge in [-0.1, -0.05) is 17.7 Å². The first-order valence-electron chi connectivity index (χ1n) is 5.85. The Kier molecular flexibility index (Phi) is 3.69. The molecule has 106 valence electrons. The van der Waals surface area contributed by atoms with Gasteiger partial charge in [0.25, 0.3) is 0 Å². The van der Waals surface area contributed by atoms with Crippen LogP contribution >= 0.6 is 11.3 Å². The fraction of sp³-hybridized carbons (Fsp3) is 0.286. The SMILES string of the molecule is Cc1cc(C)c(C(=O)c2cnc(C(F)(F)F)s2)c(C)c1. The van der Waals surface area contributed by atoms with Crippen molar-refractivity contribution in [3.63, 3.8) is 0 Å². The molecule has 2 rings (SSSR count). The first-order chi connectivity index (χ1) is 9.20. The lowest BCUT2D eigenvalue weighted by Gasteiger charge is -2.08. The summed E-state index contributed by atoms with van der Waals surface area (Å²) in [6.07, 6.45) is -3.52. The van der Waals surface area contributed by atoms with E-state index in [1.165, 1.54) is 0 Å². The summed E-state index contributed by atoms with van der Waals surface area (Å²) in [6, 6.07) is 3.68. The van der Waals surface area contributed by atoms with Crippen molar-refractivity contribution >= 4 is 17.1 Å². The van der Waals surface area contributed by atoms with E-state index in [0.29, 0.717) is 16.9 Å². The third-order valence-corrected chi connectivity index (χ3v) is 3.92. The number of hydrogen-bond acceptors (Lipinski definition) is 3. The van der Waals surface area contributed by atoms with Gasteiger partial charge in [0.1, 0.15) is 0 Å². The van der Waals surface area contributed by atoms with Crippen LogP contribution in [0.2, 0.25) is 0 Å². The molecule has 20 heavy (non-hydrogen) atoms. The Morgan fingerprint density at radius 2 is 1.70 bits per heavy atom. The molecule has 0 N–H and O–H groups in total. The molecule has 0 saturated heterocycles. The lowest BCUT2D eigenvalue weighted by Crippen LogP contribution is -2.05. The number of ketones is 1. The van der Waals surface area contributed by atoms with Crippen molar-refractivity contribution in [3.8, 4) is 0 Å². The Hall–Kier alpha value is -1.69. The molecule has 0 atom stereocenters. The molecule has 0 unspecified atom stereocenters. The van der Waals surface area contributed by atoms with Gasteiger partial charge in [-0.05, 0) is 31.9 Å². The molecule has 6 heteroatoms. The zero-order valence-electron chi connectivity index (χ0n) is 11.1. The maximum Gasteiger partial charge on any atom is 0.443 e. The van der Waals surface area contributed by atoms with Crippen molar-refractivity contribution in [3.05, 3.63) is 50.5 Å². The van der Waals surface area contributed by atoms with E-state index >= 15 is 0 Å². The second kappa shape index (κ2) is 5.01. The summed E-state index contributed by atoms with van der Waals surface area (Å²) in [5.41, 5.74) is 2.98. The fourth-order valence-electron chi connectivity index (χ4n) is 2.17. The number of nitrogens with zero attached hydrogens (tertiary/aromatic N) is 1. The van der Waals surface area contributed by atoms with E-state index < -0.39 is 17.0 Å². The van der Waals surface area contributed by atoms with E-state index in [4.69, 9.17) is 0 Å². The molecule has 2 nitrogen and oxygen atoms in total. The Morgan fingerprint density at radius 1 is 1.15 bits per heavy atom. The predicted octanol–water partition coefficient (Wildman–Crippen LogP) is 4.32. The number of carbonyl (C=O) groups excluding carboxylic acids is 1. The summed E-state index contributed by atoms with van der Waals surface area (Å²) in [5, 5.41) is -0.997. The van der Waals surface area contributed by atoms with Crippen LogP contribution in [-0.2, 0) is 6.18 Å². The molecule has 1 heterocycles. The van der Waals surface area contributed by atoms with Crippen LogP contribution in [0.5, 0.6) is 0 Å². The number of aromatic nitrogens is 1. The van der Waals surface area contributed by atoms with Crippen LogP contribution in [-0.4, -0.2) is 10.8 Å². The second-order valence-electron chi connectivity index (χ2n) is 4.63. The third kappa shape index (κ3) is 2.75. The van der Waals surface area contributed by atoms with Crippen molar-refractivity contribution in [1.82, 2.24) is 4.98 Å². The molecule has 0 amide bonds. The molecule has 2 aromatic rings. The van der Waals surface area contributed by atoms with Gasteiger partial charge < -0.3 is 0 Å². The van der Waals surface area contributed by atoms with Gasteiger partial charge >= 0.3 is 6.18 Å². The fourth-order valence-corrected chi connectivity index (χ4v) is 2.90.